The van der Waals surface area contributed by atoms with Crippen molar-refractivity contribution in [3.05, 3.63) is 0 Å². The van der Waals surface area contributed by atoms with Crippen molar-refractivity contribution >= 4 is 0 Å². The van der Waals surface area contributed by atoms with Gasteiger partial charge in [0.1, 0.15) is 0 Å². The van der Waals surface area contributed by atoms with Gasteiger partial charge < -0.3 is 5.11 Å². The van der Waals surface area contributed by atoms with Crippen LogP contribution < -0.4 is 0 Å². The van der Waals surface area contributed by atoms with Gasteiger partial charge in [-0.25, -0.2) is 0 Å². The van der Waals surface area contributed by atoms with Crippen LogP contribution in [0.15, 0.2) is 0 Å². The first-order valence-corrected chi connectivity index (χ1v) is 16.5. The minimum atomic E-state index is -0.0301. The zero-order valence-electron chi connectivity index (χ0n) is 23.8. The van der Waals surface area contributed by atoms with Gasteiger partial charge in [-0.15, -0.1) is 0 Å². The highest BCUT2D eigenvalue weighted by atomic mass is 16.3. The number of aliphatic hydroxyl groups excluding tert-OH is 1. The van der Waals surface area contributed by atoms with E-state index in [1.165, 1.54) is 180 Å². The van der Waals surface area contributed by atoms with Crippen LogP contribution in [-0.4, -0.2) is 11.2 Å². The Kier molecular flexibility index (Phi) is 24.5. The summed E-state index contributed by atoms with van der Waals surface area (Å²) in [6, 6.07) is 0. The molecule has 0 spiro atoms. The second-order valence-electron chi connectivity index (χ2n) is 11.9. The van der Waals surface area contributed by atoms with Crippen molar-refractivity contribution in [1.29, 1.82) is 0 Å². The first-order chi connectivity index (χ1) is 16.8. The van der Waals surface area contributed by atoms with Gasteiger partial charge in [-0.3, -0.25) is 0 Å². The first-order valence-electron chi connectivity index (χ1n) is 16.5. The molecule has 0 aromatic heterocycles. The quantitative estimate of drug-likeness (QED) is 0.122. The van der Waals surface area contributed by atoms with E-state index in [9.17, 15) is 5.11 Å². The number of hydrogen-bond donors (Lipinski definition) is 1. The van der Waals surface area contributed by atoms with Crippen LogP contribution in [0.3, 0.4) is 0 Å². The number of aliphatic hydroxyl groups is 1. The maximum absolute atomic E-state index is 10.0. The van der Waals surface area contributed by atoms with Gasteiger partial charge in [0.25, 0.3) is 0 Å². The Morgan fingerprint density at radius 2 is 0.824 bits per heavy atom. The molecule has 1 aliphatic rings. The van der Waals surface area contributed by atoms with Crippen molar-refractivity contribution in [3.8, 4) is 0 Å². The third kappa shape index (κ3) is 22.4. The Labute approximate surface area is 216 Å². The van der Waals surface area contributed by atoms with Gasteiger partial charge in [0.05, 0.1) is 6.10 Å². The van der Waals surface area contributed by atoms with Crippen molar-refractivity contribution in [2.45, 2.75) is 206 Å². The minimum Gasteiger partial charge on any atom is -0.393 e. The van der Waals surface area contributed by atoms with E-state index in [0.29, 0.717) is 0 Å². The van der Waals surface area contributed by atoms with Crippen LogP contribution in [0.2, 0.25) is 0 Å². The summed E-state index contributed by atoms with van der Waals surface area (Å²) >= 11 is 0. The molecule has 0 heterocycles. The van der Waals surface area contributed by atoms with Gasteiger partial charge in [0.15, 0.2) is 0 Å². The van der Waals surface area contributed by atoms with Crippen molar-refractivity contribution in [2.24, 2.45) is 5.92 Å². The molecular weight excluding hydrogens is 412 g/mol. The molecule has 1 nitrogen and oxygen atoms in total. The third-order valence-corrected chi connectivity index (χ3v) is 8.52. The van der Waals surface area contributed by atoms with Crippen molar-refractivity contribution in [2.75, 3.05) is 0 Å². The molecule has 1 fully saturated rings. The number of unbranched alkanes of at least 4 members (excludes halogenated alkanes) is 20. The van der Waals surface area contributed by atoms with E-state index >= 15 is 0 Å². The average molecular weight is 479 g/mol. The summed E-state index contributed by atoms with van der Waals surface area (Å²) in [5, 5.41) is 10.0. The molecule has 204 valence electrons. The Balaban J connectivity index is 1.65. The fourth-order valence-electron chi connectivity index (χ4n) is 6.07. The molecule has 0 unspecified atom stereocenters. The SMILES string of the molecule is CCCCCC[C@H](O)CCCCCCCCCCCCCCCCCCCCC1CCCCC1. The van der Waals surface area contributed by atoms with E-state index in [1.807, 2.05) is 0 Å². The van der Waals surface area contributed by atoms with Crippen molar-refractivity contribution in [1.82, 2.24) is 0 Å². The van der Waals surface area contributed by atoms with Crippen molar-refractivity contribution in [3.63, 3.8) is 0 Å². The van der Waals surface area contributed by atoms with Gasteiger partial charge in [-0.1, -0.05) is 187 Å². The molecular formula is C33H66O. The molecule has 0 aromatic rings. The smallest absolute Gasteiger partial charge is 0.0540 e. The van der Waals surface area contributed by atoms with Crippen LogP contribution in [0, 0.1) is 5.92 Å². The minimum absolute atomic E-state index is 0.0301. The van der Waals surface area contributed by atoms with Gasteiger partial charge in [-0.2, -0.15) is 0 Å². The van der Waals surface area contributed by atoms with Gasteiger partial charge in [0, 0.05) is 0 Å². The fraction of sp³-hybridized carbons (Fsp3) is 1.00. The van der Waals surface area contributed by atoms with E-state index in [4.69, 9.17) is 0 Å². The lowest BCUT2D eigenvalue weighted by Gasteiger charge is -2.21. The lowest BCUT2D eigenvalue weighted by atomic mass is 9.85. The van der Waals surface area contributed by atoms with E-state index in [0.717, 1.165) is 18.8 Å². The average Bonchev–Trinajstić information content (AvgIpc) is 2.86. The predicted octanol–water partition coefficient (Wildman–Crippen LogP) is 11.7. The van der Waals surface area contributed by atoms with Crippen LogP contribution in [0.1, 0.15) is 200 Å². The standard InChI is InChI=1S/C33H66O/c1-2-3-4-25-30-33(34)31-26-20-18-16-14-12-10-8-6-5-7-9-11-13-15-17-19-22-27-32-28-23-21-24-29-32/h32-34H,2-31H2,1H3/t33-/m0/s1. The lowest BCUT2D eigenvalue weighted by Crippen LogP contribution is -2.05. The highest BCUT2D eigenvalue weighted by molar-refractivity contribution is 4.65. The van der Waals surface area contributed by atoms with Crippen LogP contribution in [0.4, 0.5) is 0 Å². The van der Waals surface area contributed by atoms with Crippen molar-refractivity contribution < 1.29 is 5.11 Å². The molecule has 34 heavy (non-hydrogen) atoms. The number of hydrogen-bond acceptors (Lipinski definition) is 1. The summed E-state index contributed by atoms with van der Waals surface area (Å²) in [6.07, 6.45) is 42.3. The molecule has 1 saturated carbocycles. The molecule has 1 N–H and O–H groups in total. The summed E-state index contributed by atoms with van der Waals surface area (Å²) in [6.45, 7) is 2.25. The molecule has 0 amide bonds. The zero-order valence-corrected chi connectivity index (χ0v) is 23.8. The van der Waals surface area contributed by atoms with E-state index in [1.54, 1.807) is 0 Å². The molecule has 0 bridgehead atoms. The maximum Gasteiger partial charge on any atom is 0.0540 e. The Bertz CT molecular complexity index is 373. The first kappa shape index (κ1) is 32.0. The van der Waals surface area contributed by atoms with Crippen LogP contribution in [0.25, 0.3) is 0 Å². The van der Waals surface area contributed by atoms with Crippen LogP contribution >= 0.6 is 0 Å². The molecule has 0 radical (unpaired) electrons. The summed E-state index contributed by atoms with van der Waals surface area (Å²) in [7, 11) is 0. The number of rotatable bonds is 26. The molecule has 0 aromatic carbocycles. The Hall–Kier alpha value is -0.0400. The van der Waals surface area contributed by atoms with E-state index < -0.39 is 0 Å². The lowest BCUT2D eigenvalue weighted by molar-refractivity contribution is 0.147. The zero-order chi connectivity index (χ0) is 24.4. The molecule has 1 rings (SSSR count). The van der Waals surface area contributed by atoms with Crippen LogP contribution in [-0.2, 0) is 0 Å². The summed E-state index contributed by atoms with van der Waals surface area (Å²) in [5.74, 6) is 1.09. The predicted molar refractivity (Wildman–Crippen MR) is 154 cm³/mol. The topological polar surface area (TPSA) is 20.2 Å². The molecule has 1 atom stereocenters. The van der Waals surface area contributed by atoms with E-state index in [-0.39, 0.29) is 6.10 Å². The molecule has 1 heteroatoms. The summed E-state index contributed by atoms with van der Waals surface area (Å²) in [4.78, 5) is 0. The maximum atomic E-state index is 10.0. The van der Waals surface area contributed by atoms with Gasteiger partial charge in [0.2, 0.25) is 0 Å². The van der Waals surface area contributed by atoms with Crippen LogP contribution in [0.5, 0.6) is 0 Å². The van der Waals surface area contributed by atoms with Gasteiger partial charge in [-0.05, 0) is 18.8 Å². The molecule has 1 aliphatic carbocycles. The largest absolute Gasteiger partial charge is 0.393 e. The summed E-state index contributed by atoms with van der Waals surface area (Å²) < 4.78 is 0. The Morgan fingerprint density at radius 3 is 1.24 bits per heavy atom. The second kappa shape index (κ2) is 26.0. The molecule has 0 aliphatic heterocycles. The van der Waals surface area contributed by atoms with E-state index in [2.05, 4.69) is 6.92 Å². The molecule has 0 saturated heterocycles. The highest BCUT2D eigenvalue weighted by Crippen LogP contribution is 2.28. The third-order valence-electron chi connectivity index (χ3n) is 8.52. The van der Waals surface area contributed by atoms with Gasteiger partial charge >= 0.3 is 0 Å². The highest BCUT2D eigenvalue weighted by Gasteiger charge is 2.12. The normalized spacial score (nSPS) is 15.7. The summed E-state index contributed by atoms with van der Waals surface area (Å²) in [5.41, 5.74) is 0. The second-order valence-corrected chi connectivity index (χ2v) is 11.9. The fourth-order valence-corrected chi connectivity index (χ4v) is 6.07. The monoisotopic (exact) mass is 479 g/mol. The Morgan fingerprint density at radius 1 is 0.471 bits per heavy atom.